The van der Waals surface area contributed by atoms with Gasteiger partial charge >= 0.3 is 0 Å². The molecular weight excluding hydrogens is 304 g/mol. The Hall–Kier alpha value is -2.22. The predicted octanol–water partition coefficient (Wildman–Crippen LogP) is 5.12. The molecule has 2 aromatic carbocycles. The zero-order valence-electron chi connectivity index (χ0n) is 15.0. The van der Waals surface area contributed by atoms with E-state index in [9.17, 15) is 0 Å². The molecule has 0 aliphatic rings. The molecule has 0 saturated heterocycles. The molecule has 0 radical (unpaired) electrons. The molecule has 24 heavy (non-hydrogen) atoms. The molecule has 0 spiro atoms. The van der Waals surface area contributed by atoms with E-state index in [1.54, 1.807) is 0 Å². The average molecular weight is 331 g/mol. The molecule has 0 aromatic heterocycles. The topological polar surface area (TPSA) is 0 Å². The molecule has 0 atom stereocenters. The monoisotopic (exact) mass is 330 g/mol. The fraction of sp³-hybridized carbons (Fsp3) is 0.304. The van der Waals surface area contributed by atoms with Crippen molar-refractivity contribution in [1.29, 1.82) is 0 Å². The third-order valence-electron chi connectivity index (χ3n) is 4.02. The number of rotatable bonds is 4. The number of unbranched alkanes of at least 4 members (excludes halogenated alkanes) is 3. The van der Waals surface area contributed by atoms with Crippen molar-refractivity contribution < 1.29 is 0 Å². The predicted molar refractivity (Wildman–Crippen MR) is 108 cm³/mol. The van der Waals surface area contributed by atoms with E-state index >= 15 is 0 Å². The van der Waals surface area contributed by atoms with Crippen LogP contribution in [0.25, 0.3) is 0 Å². The lowest BCUT2D eigenvalue weighted by Gasteiger charge is -2.17. The molecule has 0 bridgehead atoms. The Labute approximate surface area is 148 Å². The van der Waals surface area contributed by atoms with Crippen LogP contribution in [-0.2, 0) is 0 Å². The molecule has 122 valence electrons. The van der Waals surface area contributed by atoms with Crippen molar-refractivity contribution in [2.24, 2.45) is 0 Å². The van der Waals surface area contributed by atoms with Crippen molar-refractivity contribution in [3.63, 3.8) is 0 Å². The Morgan fingerprint density at radius 3 is 2.29 bits per heavy atom. The van der Waals surface area contributed by atoms with Gasteiger partial charge in [-0.1, -0.05) is 81.1 Å². The maximum atomic E-state index is 3.59. The molecule has 0 nitrogen and oxygen atoms in total. The van der Waals surface area contributed by atoms with E-state index in [1.807, 2.05) is 30.3 Å². The van der Waals surface area contributed by atoms with Gasteiger partial charge in [-0.05, 0) is 29.8 Å². The first-order chi connectivity index (χ1) is 11.6. The van der Waals surface area contributed by atoms with Crippen LogP contribution in [0.1, 0.15) is 43.7 Å². The van der Waals surface area contributed by atoms with Crippen LogP contribution in [0.15, 0.2) is 54.6 Å². The number of hydrogen-bond acceptors (Lipinski definition) is 0. The van der Waals surface area contributed by atoms with Gasteiger partial charge < -0.3 is 0 Å². The summed E-state index contributed by atoms with van der Waals surface area (Å²) in [5, 5.41) is 1.34. The fourth-order valence-corrected chi connectivity index (χ4v) is 4.65. The second-order valence-corrected chi connectivity index (χ2v) is 10.6. The Bertz CT molecular complexity index is 764. The summed E-state index contributed by atoms with van der Waals surface area (Å²) in [4.78, 5) is 0. The van der Waals surface area contributed by atoms with E-state index in [0.717, 1.165) is 17.5 Å². The minimum absolute atomic E-state index is 1.02. The van der Waals surface area contributed by atoms with E-state index in [0.29, 0.717) is 0 Å². The quantitative estimate of drug-likeness (QED) is 0.414. The maximum absolute atomic E-state index is 3.59. The van der Waals surface area contributed by atoms with Crippen molar-refractivity contribution in [1.82, 2.24) is 0 Å². The van der Waals surface area contributed by atoms with Crippen molar-refractivity contribution >= 4 is 13.3 Å². The van der Waals surface area contributed by atoms with Crippen LogP contribution in [0.2, 0.25) is 13.1 Å². The van der Waals surface area contributed by atoms with E-state index < -0.39 is 8.07 Å². The van der Waals surface area contributed by atoms with Crippen molar-refractivity contribution in [3.05, 3.63) is 65.7 Å². The summed E-state index contributed by atoms with van der Waals surface area (Å²) >= 11 is 0. The van der Waals surface area contributed by atoms with Crippen LogP contribution in [0.4, 0.5) is 0 Å². The molecule has 0 aliphatic carbocycles. The van der Waals surface area contributed by atoms with Gasteiger partial charge in [-0.25, -0.2) is 0 Å². The summed E-state index contributed by atoms with van der Waals surface area (Å²) in [7, 11) is -1.79. The third-order valence-corrected chi connectivity index (χ3v) is 6.61. The Morgan fingerprint density at radius 2 is 1.54 bits per heavy atom. The molecule has 0 fully saturated rings. The first kappa shape index (κ1) is 18.1. The Morgan fingerprint density at radius 1 is 0.833 bits per heavy atom. The van der Waals surface area contributed by atoms with Crippen LogP contribution in [-0.4, -0.2) is 8.07 Å². The van der Waals surface area contributed by atoms with Crippen LogP contribution in [0, 0.1) is 23.3 Å². The molecule has 0 heterocycles. The van der Waals surface area contributed by atoms with E-state index in [-0.39, 0.29) is 0 Å². The molecule has 0 N–H and O–H groups in total. The zero-order chi connectivity index (χ0) is 17.3. The first-order valence-corrected chi connectivity index (χ1v) is 11.8. The summed E-state index contributed by atoms with van der Waals surface area (Å²) in [5.41, 5.74) is 5.77. The largest absolute Gasteiger partial charge is 0.164 e. The van der Waals surface area contributed by atoms with Crippen LogP contribution >= 0.6 is 0 Å². The summed E-state index contributed by atoms with van der Waals surface area (Å²) in [5.74, 6) is 10.1. The van der Waals surface area contributed by atoms with Gasteiger partial charge in [0.25, 0.3) is 0 Å². The lowest BCUT2D eigenvalue weighted by atomic mass is 10.2. The third kappa shape index (κ3) is 5.45. The standard InChI is InChI=1S/C23H26Si/c1-4-5-6-7-13-20-24(2,3)23-17-12-11-16-22(23)19-18-21-14-9-8-10-15-21/h8-12,14-17H,4-7H2,1-3H3. The molecule has 0 amide bonds. The van der Waals surface area contributed by atoms with Crippen molar-refractivity contribution in [2.45, 2.75) is 45.7 Å². The van der Waals surface area contributed by atoms with E-state index in [1.165, 1.54) is 24.4 Å². The molecular formula is C23H26Si. The van der Waals surface area contributed by atoms with Gasteiger partial charge in [0.15, 0.2) is 8.07 Å². The highest BCUT2D eigenvalue weighted by atomic mass is 28.3. The van der Waals surface area contributed by atoms with Gasteiger partial charge in [-0.2, -0.15) is 0 Å². The van der Waals surface area contributed by atoms with Crippen molar-refractivity contribution in [2.75, 3.05) is 0 Å². The molecule has 2 aromatic rings. The highest BCUT2D eigenvalue weighted by Gasteiger charge is 2.23. The summed E-state index contributed by atoms with van der Waals surface area (Å²) < 4.78 is 0. The Balaban J connectivity index is 2.23. The van der Waals surface area contributed by atoms with Crippen molar-refractivity contribution in [3.8, 4) is 23.3 Å². The summed E-state index contributed by atoms with van der Waals surface area (Å²) in [6, 6.07) is 18.7. The zero-order valence-corrected chi connectivity index (χ0v) is 16.0. The highest BCUT2D eigenvalue weighted by Crippen LogP contribution is 2.07. The lowest BCUT2D eigenvalue weighted by Crippen LogP contribution is -2.42. The maximum Gasteiger partial charge on any atom is 0.164 e. The smallest absolute Gasteiger partial charge is 0.126 e. The second-order valence-electron chi connectivity index (χ2n) is 6.55. The molecule has 1 heteroatoms. The summed E-state index contributed by atoms with van der Waals surface area (Å²) in [6.07, 6.45) is 4.75. The molecule has 0 unspecified atom stereocenters. The second kappa shape index (κ2) is 9.17. The van der Waals surface area contributed by atoms with Gasteiger partial charge in [0, 0.05) is 17.5 Å². The fourth-order valence-electron chi connectivity index (χ4n) is 2.61. The summed E-state index contributed by atoms with van der Waals surface area (Å²) in [6.45, 7) is 6.87. The minimum atomic E-state index is -1.79. The highest BCUT2D eigenvalue weighted by molar-refractivity contribution is 6.96. The first-order valence-electron chi connectivity index (χ1n) is 8.80. The average Bonchev–Trinajstić information content (AvgIpc) is 2.61. The van der Waals surface area contributed by atoms with Gasteiger partial charge in [-0.3, -0.25) is 0 Å². The molecule has 0 aliphatic heterocycles. The number of hydrogen-bond donors (Lipinski definition) is 0. The van der Waals surface area contributed by atoms with Gasteiger partial charge in [0.05, 0.1) is 0 Å². The molecule has 0 saturated carbocycles. The normalized spacial score (nSPS) is 10.3. The van der Waals surface area contributed by atoms with Gasteiger partial charge in [0.1, 0.15) is 0 Å². The number of benzene rings is 2. The van der Waals surface area contributed by atoms with Crippen LogP contribution < -0.4 is 5.19 Å². The van der Waals surface area contributed by atoms with E-state index in [2.05, 4.69) is 67.6 Å². The van der Waals surface area contributed by atoms with Crippen LogP contribution in [0.5, 0.6) is 0 Å². The minimum Gasteiger partial charge on any atom is -0.126 e. The lowest BCUT2D eigenvalue weighted by molar-refractivity contribution is 0.737. The van der Waals surface area contributed by atoms with E-state index in [4.69, 9.17) is 0 Å². The van der Waals surface area contributed by atoms with Gasteiger partial charge in [0.2, 0.25) is 0 Å². The molecule has 2 rings (SSSR count). The Kier molecular flexibility index (Phi) is 6.92. The van der Waals surface area contributed by atoms with Crippen LogP contribution in [0.3, 0.4) is 0 Å². The van der Waals surface area contributed by atoms with Gasteiger partial charge in [-0.15, -0.1) is 11.5 Å². The SMILES string of the molecule is CCCCCC#C[Si](C)(C)c1ccccc1C#Cc1ccccc1.